The molecule has 0 bridgehead atoms. The zero-order chi connectivity index (χ0) is 80.9. The second-order valence-corrected chi connectivity index (χ2v) is 33.7. The topological polar surface area (TPSA) is 19.7 Å². The molecule has 0 saturated carbocycles. The molecule has 0 radical (unpaired) electrons. The maximum absolute atomic E-state index is 2.55. The molecule has 0 unspecified atom stereocenters. The van der Waals surface area contributed by atoms with Crippen LogP contribution in [0.4, 0.5) is 0 Å². The lowest BCUT2D eigenvalue weighted by Crippen LogP contribution is -1.96. The van der Waals surface area contributed by atoms with E-state index in [2.05, 4.69) is 455 Å². The Kier molecular flexibility index (Phi) is 14.7. The minimum absolute atomic E-state index is 1.09. The number of rotatable bonds is 9. The van der Waals surface area contributed by atoms with Crippen molar-refractivity contribution in [2.45, 2.75) is 0 Å². The van der Waals surface area contributed by atoms with Gasteiger partial charge in [0.25, 0.3) is 0 Å². The fourth-order valence-corrected chi connectivity index (χ4v) is 21.8. The molecule has 23 aromatic carbocycles. The van der Waals surface area contributed by atoms with Crippen molar-refractivity contribution in [1.82, 2.24) is 18.3 Å². The van der Waals surface area contributed by atoms with Gasteiger partial charge in [0, 0.05) is 65.8 Å². The van der Waals surface area contributed by atoms with E-state index in [4.69, 9.17) is 0 Å². The third-order valence-electron chi connectivity index (χ3n) is 27.2. The Morgan fingerprint density at radius 2 is 0.460 bits per heavy atom. The minimum Gasteiger partial charge on any atom is -0.309 e. The third-order valence-corrected chi connectivity index (χ3v) is 27.2. The molecule has 4 heteroatoms. The molecule has 4 heterocycles. The van der Waals surface area contributed by atoms with Gasteiger partial charge >= 0.3 is 0 Å². The number of aromatic nitrogens is 4. The Bertz CT molecular complexity index is 9310. The van der Waals surface area contributed by atoms with Gasteiger partial charge in [-0.25, -0.2) is 0 Å². The highest BCUT2D eigenvalue weighted by Crippen LogP contribution is 2.51. The number of nitrogens with zero attached hydrogens (tertiary/aromatic N) is 4. The molecule has 0 aliphatic heterocycles. The van der Waals surface area contributed by atoms with Gasteiger partial charge in [-0.3, -0.25) is 0 Å². The fraction of sp³-hybridized carbons (Fsp3) is 0. The van der Waals surface area contributed by atoms with Crippen LogP contribution in [-0.2, 0) is 0 Å². The first-order chi connectivity index (χ1) is 61.5. The fourth-order valence-electron chi connectivity index (χ4n) is 21.8. The van der Waals surface area contributed by atoms with Gasteiger partial charge in [-0.2, -0.15) is 0 Å². The smallest absolute Gasteiger partial charge is 0.0547 e. The van der Waals surface area contributed by atoms with Gasteiger partial charge in [-0.15, -0.1) is 0 Å². The van der Waals surface area contributed by atoms with Crippen molar-refractivity contribution < 1.29 is 0 Å². The van der Waals surface area contributed by atoms with Crippen LogP contribution in [0.5, 0.6) is 0 Å². The van der Waals surface area contributed by atoms with E-state index in [0.717, 1.165) is 61.6 Å². The molecule has 0 aliphatic rings. The van der Waals surface area contributed by atoms with Crippen LogP contribution in [0.2, 0.25) is 0 Å². The standard InChI is InChI=1S/C120H72N4/c1-3-28-84(29-4-1)121-109-45-19-16-40-96(109)105-67-75(55-62-111(105)121)77-51-58-98-95-39-15-18-44-108(95)123(114(98)70-77)86-32-21-26-79(65-86)103-69-83-49-48-73-24-7-9-34-88(73)116(83)118-91-57-53-81(64-82(91)54-60-100(103)118)90-43-23-47-113-117(90)102-61-52-78(76-56-63-112-106(68-76)97-41-17-20-46-110(97)122(112)85-30-5-2-6-31-85)71-115(102)124(113)87-33-22-27-80(66-87)104-72-107-94-38-12-11-36-92(94)93-37-13-14-42-99(93)120(107)119-89-35-10-8-25-74(89)50-59-101(104)119/h1-72H. The summed E-state index contributed by atoms with van der Waals surface area (Å²) in [6.07, 6.45) is 0. The lowest BCUT2D eigenvalue weighted by Gasteiger charge is -2.18. The molecule has 0 fully saturated rings. The average Bonchev–Trinajstić information content (AvgIpc) is 1.25. The Balaban J connectivity index is 0.638. The monoisotopic (exact) mass is 1570 g/mol. The van der Waals surface area contributed by atoms with Crippen molar-refractivity contribution >= 4 is 184 Å². The molecule has 0 amide bonds. The molecule has 27 aromatic rings. The van der Waals surface area contributed by atoms with E-state index in [1.807, 2.05) is 0 Å². The third kappa shape index (κ3) is 10.1. The van der Waals surface area contributed by atoms with Crippen molar-refractivity contribution in [3.8, 4) is 78.4 Å². The lowest BCUT2D eigenvalue weighted by atomic mass is 9.85. The Hall–Kier alpha value is -16.4. The summed E-state index contributed by atoms with van der Waals surface area (Å²) in [5.74, 6) is 0. The summed E-state index contributed by atoms with van der Waals surface area (Å²) in [5.41, 5.74) is 25.6. The highest BCUT2D eigenvalue weighted by molar-refractivity contribution is 6.37. The molecule has 0 aliphatic carbocycles. The van der Waals surface area contributed by atoms with Gasteiger partial charge < -0.3 is 18.3 Å². The molecular formula is C120H72N4. The van der Waals surface area contributed by atoms with Crippen molar-refractivity contribution in [1.29, 1.82) is 0 Å². The van der Waals surface area contributed by atoms with Crippen LogP contribution in [0, 0.1) is 0 Å². The summed E-state index contributed by atoms with van der Waals surface area (Å²) in [7, 11) is 0. The second kappa shape index (κ2) is 26.5. The molecule has 0 spiro atoms. The Labute approximate surface area is 712 Å². The van der Waals surface area contributed by atoms with Gasteiger partial charge in [-0.05, 0) is 280 Å². The molecule has 4 nitrogen and oxygen atoms in total. The molecule has 0 saturated heterocycles. The Morgan fingerprint density at radius 1 is 0.113 bits per heavy atom. The average molecular weight is 1570 g/mol. The number of fused-ring (bicyclic) bond motifs is 29. The van der Waals surface area contributed by atoms with E-state index < -0.39 is 0 Å². The molecule has 4 aromatic heterocycles. The SMILES string of the molecule is c1ccc(-n2c3ccccc3c3cc(-c4ccc5c6ccccc6n(-c6cccc(-c7cc8ccc9ccccc9c8c8c7ccc7cc(-c9cccc%10c9c9ccc(-c%11ccc%12c(c%11)c%11ccccc%11n%12-c%11ccccc%11)cc9n%10-c9cccc(-c%10cc%11c%12ccccc%12c%12ccccc%12c%11c%11c%10ccc%10ccccc%10%11)c9)ccc78)c6)c5c4)ccc32)cc1. The van der Waals surface area contributed by atoms with Gasteiger partial charge in [0.05, 0.1) is 44.1 Å². The maximum atomic E-state index is 2.55. The first-order valence-electron chi connectivity index (χ1n) is 43.0. The molecule has 572 valence electrons. The van der Waals surface area contributed by atoms with Crippen LogP contribution >= 0.6 is 0 Å². The van der Waals surface area contributed by atoms with Gasteiger partial charge in [-0.1, -0.05) is 309 Å². The quantitative estimate of drug-likeness (QED) is 0.128. The Morgan fingerprint density at radius 3 is 1.06 bits per heavy atom. The summed E-state index contributed by atoms with van der Waals surface area (Å²) in [4.78, 5) is 0. The van der Waals surface area contributed by atoms with E-state index >= 15 is 0 Å². The molecular weight excluding hydrogens is 1500 g/mol. The van der Waals surface area contributed by atoms with Crippen LogP contribution < -0.4 is 0 Å². The normalized spacial score (nSPS) is 12.2. The van der Waals surface area contributed by atoms with Crippen LogP contribution in [0.15, 0.2) is 437 Å². The summed E-state index contributed by atoms with van der Waals surface area (Å²) >= 11 is 0. The van der Waals surface area contributed by atoms with Gasteiger partial charge in [0.2, 0.25) is 0 Å². The van der Waals surface area contributed by atoms with Crippen LogP contribution in [-0.4, -0.2) is 18.3 Å². The number of hydrogen-bond acceptors (Lipinski definition) is 0. The number of benzene rings is 23. The predicted molar refractivity (Wildman–Crippen MR) is 529 cm³/mol. The van der Waals surface area contributed by atoms with E-state index in [-0.39, 0.29) is 0 Å². The summed E-state index contributed by atoms with van der Waals surface area (Å²) < 4.78 is 9.84. The summed E-state index contributed by atoms with van der Waals surface area (Å²) in [6.45, 7) is 0. The van der Waals surface area contributed by atoms with Crippen molar-refractivity contribution in [2.75, 3.05) is 0 Å². The summed E-state index contributed by atoms with van der Waals surface area (Å²) in [6, 6.07) is 164. The number of para-hydroxylation sites is 5. The second-order valence-electron chi connectivity index (χ2n) is 33.7. The van der Waals surface area contributed by atoms with Crippen LogP contribution in [0.25, 0.3) is 263 Å². The van der Waals surface area contributed by atoms with Crippen molar-refractivity contribution in [2.24, 2.45) is 0 Å². The van der Waals surface area contributed by atoms with Gasteiger partial charge in [0.15, 0.2) is 0 Å². The molecule has 0 atom stereocenters. The highest BCUT2D eigenvalue weighted by atomic mass is 15.0. The molecule has 0 N–H and O–H groups in total. The first-order valence-corrected chi connectivity index (χ1v) is 43.0. The van der Waals surface area contributed by atoms with Crippen molar-refractivity contribution in [3.05, 3.63) is 437 Å². The minimum atomic E-state index is 1.09. The lowest BCUT2D eigenvalue weighted by molar-refractivity contribution is 1.18. The molecule has 27 rings (SSSR count). The number of hydrogen-bond donors (Lipinski definition) is 0. The first kappa shape index (κ1) is 68.5. The van der Waals surface area contributed by atoms with E-state index in [1.165, 1.54) is 201 Å². The largest absolute Gasteiger partial charge is 0.309 e. The summed E-state index contributed by atoms with van der Waals surface area (Å²) in [5, 5.41) is 32.2. The maximum Gasteiger partial charge on any atom is 0.0547 e. The highest BCUT2D eigenvalue weighted by Gasteiger charge is 2.25. The predicted octanol–water partition coefficient (Wildman–Crippen LogP) is 32.8. The van der Waals surface area contributed by atoms with Crippen molar-refractivity contribution in [3.63, 3.8) is 0 Å². The van der Waals surface area contributed by atoms with E-state index in [0.29, 0.717) is 0 Å². The zero-order valence-corrected chi connectivity index (χ0v) is 67.4. The van der Waals surface area contributed by atoms with E-state index in [1.54, 1.807) is 0 Å². The van der Waals surface area contributed by atoms with Gasteiger partial charge in [0.1, 0.15) is 0 Å². The molecule has 124 heavy (non-hydrogen) atoms. The zero-order valence-electron chi connectivity index (χ0n) is 67.4. The van der Waals surface area contributed by atoms with E-state index in [9.17, 15) is 0 Å². The van der Waals surface area contributed by atoms with Crippen LogP contribution in [0.3, 0.4) is 0 Å². The van der Waals surface area contributed by atoms with Crippen LogP contribution in [0.1, 0.15) is 0 Å².